The third-order valence-electron chi connectivity index (χ3n) is 6.32. The number of halogens is 1. The third kappa shape index (κ3) is 5.83. The van der Waals surface area contributed by atoms with E-state index in [-0.39, 0.29) is 22.4 Å². The van der Waals surface area contributed by atoms with Crippen LogP contribution in [0.2, 0.25) is 0 Å². The second kappa shape index (κ2) is 12.4. The van der Waals surface area contributed by atoms with Gasteiger partial charge >= 0.3 is 0 Å². The van der Waals surface area contributed by atoms with Crippen LogP contribution in [0.1, 0.15) is 19.4 Å². The Hall–Kier alpha value is -3.80. The van der Waals surface area contributed by atoms with Gasteiger partial charge in [0.1, 0.15) is 16.3 Å². The lowest BCUT2D eigenvalue weighted by Gasteiger charge is -2.21. The molecular formula is C30H27FN4O3S3. The van der Waals surface area contributed by atoms with Crippen LogP contribution >= 0.6 is 35.3 Å². The van der Waals surface area contributed by atoms with Crippen molar-refractivity contribution >= 4 is 57.3 Å². The monoisotopic (exact) mass is 606 g/mol. The Morgan fingerprint density at radius 3 is 2.54 bits per heavy atom. The largest absolute Gasteiger partial charge is 0.492 e. The minimum Gasteiger partial charge on any atom is -0.492 e. The molecule has 5 aromatic rings. The first-order valence-electron chi connectivity index (χ1n) is 13.0. The molecule has 0 saturated carbocycles. The lowest BCUT2D eigenvalue weighted by Crippen LogP contribution is -2.32. The maximum absolute atomic E-state index is 14.0. The fraction of sp³-hybridized carbons (Fsp3) is 0.200. The van der Waals surface area contributed by atoms with Gasteiger partial charge in [0.2, 0.25) is 5.91 Å². The summed E-state index contributed by atoms with van der Waals surface area (Å²) in [7, 11) is 0. The summed E-state index contributed by atoms with van der Waals surface area (Å²) in [6.07, 6.45) is 0. The molecule has 0 atom stereocenters. The topological polar surface area (TPSA) is 69.4 Å². The van der Waals surface area contributed by atoms with Gasteiger partial charge in [-0.3, -0.25) is 18.7 Å². The number of amides is 1. The average Bonchev–Trinajstić information content (AvgIpc) is 3.29. The normalized spacial score (nSPS) is 11.1. The fourth-order valence-electron chi connectivity index (χ4n) is 4.49. The Bertz CT molecular complexity index is 1850. The van der Waals surface area contributed by atoms with Crippen LogP contribution in [0.25, 0.3) is 21.7 Å². The van der Waals surface area contributed by atoms with Gasteiger partial charge in [-0.2, -0.15) is 0 Å². The van der Waals surface area contributed by atoms with Gasteiger partial charge in [-0.25, -0.2) is 9.37 Å². The summed E-state index contributed by atoms with van der Waals surface area (Å²) in [6.45, 7) is 6.72. The minimum atomic E-state index is -0.425. The van der Waals surface area contributed by atoms with Gasteiger partial charge < -0.3 is 9.64 Å². The van der Waals surface area contributed by atoms with Crippen LogP contribution in [0.5, 0.6) is 5.75 Å². The van der Waals surface area contributed by atoms with Crippen LogP contribution in [0.4, 0.5) is 10.1 Å². The maximum Gasteiger partial charge on any atom is 0.278 e. The summed E-state index contributed by atoms with van der Waals surface area (Å²) >= 11 is 7.99. The van der Waals surface area contributed by atoms with E-state index in [9.17, 15) is 14.0 Å². The summed E-state index contributed by atoms with van der Waals surface area (Å²) in [5.74, 6) is 0.0797. The van der Waals surface area contributed by atoms with Crippen LogP contribution in [-0.4, -0.2) is 38.9 Å². The molecule has 3 aromatic carbocycles. The van der Waals surface area contributed by atoms with E-state index in [0.717, 1.165) is 34.3 Å². The fourth-order valence-corrected chi connectivity index (χ4v) is 6.65. The number of anilines is 1. The van der Waals surface area contributed by atoms with Crippen LogP contribution in [0.3, 0.4) is 0 Å². The maximum atomic E-state index is 14.0. The number of para-hydroxylation sites is 2. The zero-order valence-corrected chi connectivity index (χ0v) is 25.1. The lowest BCUT2D eigenvalue weighted by atomic mass is 10.2. The van der Waals surface area contributed by atoms with E-state index in [1.54, 1.807) is 9.47 Å². The molecule has 210 valence electrons. The second-order valence-corrected chi connectivity index (χ2v) is 11.6. The van der Waals surface area contributed by atoms with Gasteiger partial charge in [0.25, 0.3) is 5.56 Å². The van der Waals surface area contributed by atoms with Gasteiger partial charge in [-0.1, -0.05) is 47.4 Å². The van der Waals surface area contributed by atoms with Crippen LogP contribution in [0.15, 0.2) is 82.7 Å². The van der Waals surface area contributed by atoms with Crippen LogP contribution in [0, 0.1) is 16.7 Å². The van der Waals surface area contributed by atoms with E-state index in [1.807, 2.05) is 69.3 Å². The number of ether oxygens (including phenoxy) is 1. The summed E-state index contributed by atoms with van der Waals surface area (Å²) in [4.78, 5) is 34.0. The van der Waals surface area contributed by atoms with Gasteiger partial charge in [0.05, 0.1) is 23.7 Å². The van der Waals surface area contributed by atoms with E-state index < -0.39 is 5.82 Å². The molecule has 0 fully saturated rings. The summed E-state index contributed by atoms with van der Waals surface area (Å²) in [5.41, 5.74) is 2.97. The number of nitrogens with zero attached hydrogens (tertiary/aromatic N) is 4. The molecule has 0 spiro atoms. The first kappa shape index (κ1) is 28.7. The van der Waals surface area contributed by atoms with Crippen molar-refractivity contribution in [1.29, 1.82) is 0 Å². The van der Waals surface area contributed by atoms with Crippen molar-refractivity contribution in [2.75, 3.05) is 23.8 Å². The number of aromatic nitrogens is 3. The summed E-state index contributed by atoms with van der Waals surface area (Å²) in [6, 6.07) is 20.8. The second-order valence-electron chi connectivity index (χ2n) is 9.03. The van der Waals surface area contributed by atoms with E-state index in [0.29, 0.717) is 44.6 Å². The van der Waals surface area contributed by atoms with E-state index in [1.165, 1.54) is 28.8 Å². The third-order valence-corrected chi connectivity index (χ3v) is 8.60. The molecule has 2 heterocycles. The Morgan fingerprint density at radius 2 is 1.83 bits per heavy atom. The highest BCUT2D eigenvalue weighted by molar-refractivity contribution is 7.99. The summed E-state index contributed by atoms with van der Waals surface area (Å²) in [5, 5.41) is 0.290. The van der Waals surface area contributed by atoms with E-state index in [2.05, 4.69) is 0 Å². The Labute approximate surface area is 249 Å². The molecule has 7 nitrogen and oxygen atoms in total. The SMILES string of the molecule is CCOc1ccccc1-n1c(=S)sc2c(=O)n(-c3ccc(F)cc3)c(SCC(=O)N(CC)c3cccc(C)c3)nc21. The number of hydrogen-bond acceptors (Lipinski definition) is 7. The number of aryl methyl sites for hydroxylation is 1. The average molecular weight is 607 g/mol. The Kier molecular flexibility index (Phi) is 8.67. The molecule has 0 unspecified atom stereocenters. The number of rotatable bonds is 9. The van der Waals surface area contributed by atoms with Gasteiger partial charge in [0.15, 0.2) is 14.8 Å². The molecule has 1 amide bonds. The smallest absolute Gasteiger partial charge is 0.278 e. The number of fused-ring (bicyclic) bond motifs is 1. The summed E-state index contributed by atoms with van der Waals surface area (Å²) < 4.78 is 23.5. The molecule has 0 radical (unpaired) electrons. The van der Waals surface area contributed by atoms with Crippen molar-refractivity contribution < 1.29 is 13.9 Å². The highest BCUT2D eigenvalue weighted by Gasteiger charge is 2.22. The van der Waals surface area contributed by atoms with Gasteiger partial charge in [0, 0.05) is 12.2 Å². The van der Waals surface area contributed by atoms with E-state index >= 15 is 0 Å². The molecule has 11 heteroatoms. The zero-order valence-electron chi connectivity index (χ0n) is 22.7. The molecule has 2 aromatic heterocycles. The molecule has 0 aliphatic carbocycles. The predicted molar refractivity (Wildman–Crippen MR) is 166 cm³/mol. The van der Waals surface area contributed by atoms with Gasteiger partial charge in [-0.15, -0.1) is 0 Å². The van der Waals surface area contributed by atoms with Crippen molar-refractivity contribution in [2.45, 2.75) is 25.9 Å². The molecule has 0 N–H and O–H groups in total. The number of hydrogen-bond donors (Lipinski definition) is 0. The standard InChI is InChI=1S/C30H27FN4O3S3/c1-4-33(22-10-8-9-19(3)17-22)25(36)18-40-29-32-27-26(28(37)34(29)21-15-13-20(31)14-16-21)41-30(39)35(27)23-11-6-7-12-24(23)38-5-2/h6-17H,4-5,18H2,1-3H3. The minimum absolute atomic E-state index is 0.0291. The number of thioether (sulfide) groups is 1. The van der Waals surface area contributed by atoms with Crippen molar-refractivity contribution in [3.63, 3.8) is 0 Å². The first-order chi connectivity index (χ1) is 19.8. The number of carbonyl (C=O) groups is 1. The van der Waals surface area contributed by atoms with Crippen molar-refractivity contribution in [1.82, 2.24) is 14.1 Å². The molecule has 0 bridgehead atoms. The number of carbonyl (C=O) groups excluding carboxylic acids is 1. The molecule has 5 rings (SSSR count). The van der Waals surface area contributed by atoms with Crippen molar-refractivity contribution in [3.8, 4) is 17.1 Å². The molecule has 0 aliphatic heterocycles. The molecule has 41 heavy (non-hydrogen) atoms. The Morgan fingerprint density at radius 1 is 1.07 bits per heavy atom. The van der Waals surface area contributed by atoms with Crippen LogP contribution in [-0.2, 0) is 4.79 Å². The zero-order chi connectivity index (χ0) is 29.1. The Balaban J connectivity index is 1.64. The molecule has 0 aliphatic rings. The van der Waals surface area contributed by atoms with Crippen molar-refractivity contribution in [3.05, 3.63) is 98.5 Å². The van der Waals surface area contributed by atoms with Crippen LogP contribution < -0.4 is 15.2 Å². The predicted octanol–water partition coefficient (Wildman–Crippen LogP) is 6.96. The number of benzene rings is 3. The van der Waals surface area contributed by atoms with Crippen molar-refractivity contribution in [2.24, 2.45) is 0 Å². The highest BCUT2D eigenvalue weighted by Crippen LogP contribution is 2.31. The quantitative estimate of drug-likeness (QED) is 0.103. The van der Waals surface area contributed by atoms with E-state index in [4.69, 9.17) is 21.9 Å². The lowest BCUT2D eigenvalue weighted by molar-refractivity contribution is -0.116. The first-order valence-corrected chi connectivity index (χ1v) is 15.2. The highest BCUT2D eigenvalue weighted by atomic mass is 32.2. The van der Waals surface area contributed by atoms with Gasteiger partial charge in [-0.05, 0) is 87.1 Å². The molecule has 0 saturated heterocycles. The number of thiazole rings is 1. The molecular weight excluding hydrogens is 580 g/mol.